The fourth-order valence-corrected chi connectivity index (χ4v) is 3.43. The molecule has 1 aromatic heterocycles. The molecule has 0 spiro atoms. The van der Waals surface area contributed by atoms with Gasteiger partial charge in [-0.25, -0.2) is 4.98 Å². The lowest BCUT2D eigenvalue weighted by atomic mass is 10.2. The van der Waals surface area contributed by atoms with E-state index in [9.17, 15) is 4.79 Å². The van der Waals surface area contributed by atoms with Crippen molar-refractivity contribution in [3.63, 3.8) is 0 Å². The monoisotopic (exact) mass is 387 g/mol. The molecule has 134 valence electrons. The molecule has 0 aliphatic carbocycles. The van der Waals surface area contributed by atoms with Gasteiger partial charge in [0.25, 0.3) is 0 Å². The van der Waals surface area contributed by atoms with Gasteiger partial charge in [0.2, 0.25) is 5.91 Å². The van der Waals surface area contributed by atoms with Gasteiger partial charge in [-0.2, -0.15) is 0 Å². The normalized spacial score (nSPS) is 11.8. The number of nitrogens with zero attached hydrogens (tertiary/aromatic N) is 2. The van der Waals surface area contributed by atoms with Gasteiger partial charge >= 0.3 is 0 Å². The first-order valence-electron chi connectivity index (χ1n) is 7.96. The molecule has 2 aromatic carbocycles. The third kappa shape index (κ3) is 4.39. The van der Waals surface area contributed by atoms with E-state index in [4.69, 9.17) is 16.3 Å². The summed E-state index contributed by atoms with van der Waals surface area (Å²) in [6, 6.07) is 12.9. The predicted octanol–water partition coefficient (Wildman–Crippen LogP) is 4.90. The number of nitrogens with one attached hydrogen (secondary N) is 1. The zero-order valence-electron chi connectivity index (χ0n) is 14.3. The number of carbonyl (C=O) groups is 1. The second-order valence-corrected chi connectivity index (χ2v) is 7.12. The molecule has 1 N–H and O–H groups in total. The smallest absolute Gasteiger partial charge is 0.247 e. The number of amides is 1. The van der Waals surface area contributed by atoms with Crippen LogP contribution in [0.3, 0.4) is 0 Å². The molecule has 26 heavy (non-hydrogen) atoms. The van der Waals surface area contributed by atoms with Crippen molar-refractivity contribution in [2.24, 2.45) is 0 Å². The molecule has 7 heteroatoms. The minimum atomic E-state index is -0.357. The summed E-state index contributed by atoms with van der Waals surface area (Å²) >= 11 is 7.94. The van der Waals surface area contributed by atoms with Crippen LogP contribution in [0.15, 0.2) is 71.0 Å². The number of methoxy groups -OCH3 is 1. The zero-order valence-corrected chi connectivity index (χ0v) is 15.9. The van der Waals surface area contributed by atoms with E-state index >= 15 is 0 Å². The average Bonchev–Trinajstić information content (AvgIpc) is 3.18. The van der Waals surface area contributed by atoms with E-state index in [1.807, 2.05) is 43.3 Å². The molecule has 1 heterocycles. The van der Waals surface area contributed by atoms with Crippen LogP contribution in [0.4, 0.5) is 5.69 Å². The number of anilines is 1. The largest absolute Gasteiger partial charge is 0.497 e. The van der Waals surface area contributed by atoms with Gasteiger partial charge in [0.05, 0.1) is 18.5 Å². The molecule has 1 amide bonds. The van der Waals surface area contributed by atoms with E-state index in [1.54, 1.807) is 48.2 Å². The number of hydrogen-bond acceptors (Lipinski definition) is 4. The maximum atomic E-state index is 12.3. The Kier molecular flexibility index (Phi) is 5.85. The molecule has 3 rings (SSSR count). The fraction of sp³-hybridized carbons (Fsp3) is 0.158. The van der Waals surface area contributed by atoms with Crippen molar-refractivity contribution in [2.45, 2.75) is 22.8 Å². The number of aromatic nitrogens is 2. The van der Waals surface area contributed by atoms with Crippen molar-refractivity contribution in [1.82, 2.24) is 9.55 Å². The summed E-state index contributed by atoms with van der Waals surface area (Å²) in [6.07, 6.45) is 5.02. The second-order valence-electron chi connectivity index (χ2n) is 5.60. The van der Waals surface area contributed by atoms with Crippen molar-refractivity contribution in [3.8, 4) is 5.75 Å². The summed E-state index contributed by atoms with van der Waals surface area (Å²) in [5.41, 5.74) is 0.658. The summed E-state index contributed by atoms with van der Waals surface area (Å²) in [5.74, 6) is 0.681. The molecule has 0 fully saturated rings. The lowest BCUT2D eigenvalue weighted by Crippen LogP contribution is -2.22. The molecule has 0 saturated heterocycles. The summed E-state index contributed by atoms with van der Waals surface area (Å²) in [6.45, 7) is 1.81. The second kappa shape index (κ2) is 8.29. The highest BCUT2D eigenvalue weighted by Crippen LogP contribution is 2.35. The minimum Gasteiger partial charge on any atom is -0.497 e. The van der Waals surface area contributed by atoms with Crippen molar-refractivity contribution >= 4 is 35.0 Å². The van der Waals surface area contributed by atoms with E-state index in [0.717, 1.165) is 15.5 Å². The third-order valence-corrected chi connectivity index (χ3v) is 5.35. The number of halogens is 1. The van der Waals surface area contributed by atoms with Gasteiger partial charge < -0.3 is 14.6 Å². The zero-order chi connectivity index (χ0) is 18.5. The first-order chi connectivity index (χ1) is 12.6. The summed E-state index contributed by atoms with van der Waals surface area (Å²) in [7, 11) is 1.64. The van der Waals surface area contributed by atoms with Crippen LogP contribution in [0.25, 0.3) is 0 Å². The molecule has 3 aromatic rings. The number of imidazole rings is 1. The van der Waals surface area contributed by atoms with Gasteiger partial charge in [-0.3, -0.25) is 4.79 Å². The molecule has 0 radical (unpaired) electrons. The number of benzene rings is 2. The third-order valence-electron chi connectivity index (χ3n) is 3.84. The number of carbonyl (C=O) groups excluding carboxylic acids is 1. The van der Waals surface area contributed by atoms with Crippen LogP contribution in [0.5, 0.6) is 5.75 Å². The van der Waals surface area contributed by atoms with Crippen molar-refractivity contribution in [1.29, 1.82) is 0 Å². The van der Waals surface area contributed by atoms with E-state index in [1.165, 1.54) is 0 Å². The van der Waals surface area contributed by atoms with Crippen molar-refractivity contribution in [2.75, 3.05) is 12.4 Å². The molecular formula is C19H18ClN3O2S. The number of ether oxygens (including phenoxy) is 1. The van der Waals surface area contributed by atoms with Gasteiger partial charge in [0.15, 0.2) is 0 Å². The van der Waals surface area contributed by atoms with Gasteiger partial charge in [-0.05, 0) is 49.4 Å². The quantitative estimate of drug-likeness (QED) is 0.653. The Morgan fingerprint density at radius 1 is 1.27 bits per heavy atom. The summed E-state index contributed by atoms with van der Waals surface area (Å²) in [5, 5.41) is 3.46. The topological polar surface area (TPSA) is 56.1 Å². The Balaban J connectivity index is 1.67. The van der Waals surface area contributed by atoms with Crippen LogP contribution in [0.1, 0.15) is 13.0 Å². The van der Waals surface area contributed by atoms with E-state index in [-0.39, 0.29) is 11.9 Å². The fourth-order valence-electron chi connectivity index (χ4n) is 2.31. The van der Waals surface area contributed by atoms with Crippen LogP contribution in [-0.2, 0) is 4.79 Å². The van der Waals surface area contributed by atoms with Gasteiger partial charge in [0.1, 0.15) is 11.8 Å². The Labute approximate surface area is 161 Å². The standard InChI is InChI=1S/C19H18ClN3O2S/c1-13(23-10-9-21-12-23)19(24)22-14-3-8-18(17(20)11-14)26-16-6-4-15(25-2)5-7-16/h3-13H,1-2H3,(H,22,24)/t13-/m0/s1. The van der Waals surface area contributed by atoms with Crippen molar-refractivity contribution < 1.29 is 9.53 Å². The average molecular weight is 388 g/mol. The molecule has 0 bridgehead atoms. The molecule has 0 saturated carbocycles. The van der Waals surface area contributed by atoms with Crippen LogP contribution < -0.4 is 10.1 Å². The van der Waals surface area contributed by atoms with Crippen LogP contribution in [0, 0.1) is 0 Å². The predicted molar refractivity (Wildman–Crippen MR) is 104 cm³/mol. The summed E-state index contributed by atoms with van der Waals surface area (Å²) < 4.78 is 6.90. The van der Waals surface area contributed by atoms with Crippen LogP contribution in [0.2, 0.25) is 5.02 Å². The summed E-state index contributed by atoms with van der Waals surface area (Å²) in [4.78, 5) is 18.3. The molecule has 0 aliphatic heterocycles. The van der Waals surface area contributed by atoms with E-state index < -0.39 is 0 Å². The molecule has 1 atom stereocenters. The van der Waals surface area contributed by atoms with Crippen LogP contribution >= 0.6 is 23.4 Å². The maximum absolute atomic E-state index is 12.3. The Hall–Kier alpha value is -2.44. The molecule has 5 nitrogen and oxygen atoms in total. The highest BCUT2D eigenvalue weighted by Gasteiger charge is 2.15. The Morgan fingerprint density at radius 2 is 2.04 bits per heavy atom. The van der Waals surface area contributed by atoms with Gasteiger partial charge in [-0.1, -0.05) is 23.4 Å². The Bertz CT molecular complexity index is 882. The minimum absolute atomic E-state index is 0.130. The maximum Gasteiger partial charge on any atom is 0.247 e. The molecule has 0 aliphatic rings. The SMILES string of the molecule is COc1ccc(Sc2ccc(NC(=O)[C@H](C)n3ccnc3)cc2Cl)cc1. The van der Waals surface area contributed by atoms with Crippen LogP contribution in [-0.4, -0.2) is 22.6 Å². The highest BCUT2D eigenvalue weighted by molar-refractivity contribution is 7.99. The van der Waals surface area contributed by atoms with Crippen molar-refractivity contribution in [3.05, 3.63) is 66.2 Å². The lowest BCUT2D eigenvalue weighted by Gasteiger charge is -2.14. The van der Waals surface area contributed by atoms with Gasteiger partial charge in [-0.15, -0.1) is 0 Å². The molecule has 0 unspecified atom stereocenters. The number of hydrogen-bond donors (Lipinski definition) is 1. The highest BCUT2D eigenvalue weighted by atomic mass is 35.5. The first kappa shape index (κ1) is 18.4. The Morgan fingerprint density at radius 3 is 2.65 bits per heavy atom. The van der Waals surface area contributed by atoms with E-state index in [2.05, 4.69) is 10.3 Å². The van der Waals surface area contributed by atoms with Gasteiger partial charge in [0, 0.05) is 27.9 Å². The number of rotatable bonds is 6. The first-order valence-corrected chi connectivity index (χ1v) is 9.16. The molecular weight excluding hydrogens is 370 g/mol. The lowest BCUT2D eigenvalue weighted by molar-refractivity contribution is -0.118. The van der Waals surface area contributed by atoms with E-state index in [0.29, 0.717) is 10.7 Å².